The first-order valence-electron chi connectivity index (χ1n) is 6.17. The summed E-state index contributed by atoms with van der Waals surface area (Å²) in [6.07, 6.45) is -0.847. The molecule has 0 bridgehead atoms. The summed E-state index contributed by atoms with van der Waals surface area (Å²) in [4.78, 5) is 0. The molecule has 102 valence electrons. The largest absolute Gasteiger partial charge is 0.457 e. The van der Waals surface area contributed by atoms with Crippen LogP contribution in [-0.4, -0.2) is 5.11 Å². The highest BCUT2D eigenvalue weighted by atomic mass is 19.1. The molecule has 3 nitrogen and oxygen atoms in total. The van der Waals surface area contributed by atoms with E-state index in [1.54, 1.807) is 25.1 Å². The van der Waals surface area contributed by atoms with E-state index in [-0.39, 0.29) is 0 Å². The first-order valence-corrected chi connectivity index (χ1v) is 6.17. The molecule has 1 atom stereocenters. The van der Waals surface area contributed by atoms with Crippen LogP contribution in [-0.2, 0) is 0 Å². The van der Waals surface area contributed by atoms with Crippen molar-refractivity contribution in [2.75, 3.05) is 0 Å². The van der Waals surface area contributed by atoms with E-state index >= 15 is 0 Å². The predicted octanol–water partition coefficient (Wildman–Crippen LogP) is 3.85. The van der Waals surface area contributed by atoms with Gasteiger partial charge in [-0.15, -0.1) is 0 Å². The molecule has 2 aromatic rings. The number of rotatable bonds is 3. The van der Waals surface area contributed by atoms with E-state index in [0.717, 1.165) is 5.56 Å². The van der Waals surface area contributed by atoms with E-state index < -0.39 is 11.9 Å². The van der Waals surface area contributed by atoms with Gasteiger partial charge in [0.15, 0.2) is 0 Å². The number of halogens is 1. The van der Waals surface area contributed by atoms with E-state index in [0.29, 0.717) is 22.6 Å². The van der Waals surface area contributed by atoms with Crippen LogP contribution in [0.4, 0.5) is 4.39 Å². The third kappa shape index (κ3) is 2.95. The van der Waals surface area contributed by atoms with Gasteiger partial charge >= 0.3 is 0 Å². The van der Waals surface area contributed by atoms with Gasteiger partial charge in [-0.3, -0.25) is 0 Å². The maximum Gasteiger partial charge on any atom is 0.133 e. The molecule has 0 aliphatic heterocycles. The highest BCUT2D eigenvalue weighted by Gasteiger charge is 2.12. The van der Waals surface area contributed by atoms with Gasteiger partial charge in [0.05, 0.1) is 17.7 Å². The number of nitrogens with zero attached hydrogens (tertiary/aromatic N) is 1. The molecule has 0 aliphatic rings. The Morgan fingerprint density at radius 1 is 1.20 bits per heavy atom. The molecule has 2 aromatic carbocycles. The predicted molar refractivity (Wildman–Crippen MR) is 73.0 cm³/mol. The zero-order valence-corrected chi connectivity index (χ0v) is 11.2. The van der Waals surface area contributed by atoms with Crippen LogP contribution in [0.5, 0.6) is 11.5 Å². The molecule has 0 amide bonds. The zero-order valence-electron chi connectivity index (χ0n) is 11.2. The topological polar surface area (TPSA) is 53.2 Å². The van der Waals surface area contributed by atoms with Gasteiger partial charge in [-0.1, -0.05) is 6.07 Å². The van der Waals surface area contributed by atoms with Crippen molar-refractivity contribution in [3.63, 3.8) is 0 Å². The number of benzene rings is 2. The summed E-state index contributed by atoms with van der Waals surface area (Å²) in [7, 11) is 0. The van der Waals surface area contributed by atoms with Gasteiger partial charge in [-0.05, 0) is 49.7 Å². The van der Waals surface area contributed by atoms with E-state index in [9.17, 15) is 9.50 Å². The molecule has 0 heterocycles. The van der Waals surface area contributed by atoms with Crippen molar-refractivity contribution in [3.05, 3.63) is 58.9 Å². The van der Waals surface area contributed by atoms with Crippen LogP contribution in [0.2, 0.25) is 0 Å². The molecule has 0 fully saturated rings. The molecule has 1 N–H and O–H groups in total. The smallest absolute Gasteiger partial charge is 0.133 e. The molecule has 4 heteroatoms. The van der Waals surface area contributed by atoms with Crippen molar-refractivity contribution in [1.82, 2.24) is 0 Å². The fourth-order valence-corrected chi connectivity index (χ4v) is 1.84. The summed E-state index contributed by atoms with van der Waals surface area (Å²) in [5.74, 6) is 0.452. The molecular formula is C16H14FNO2. The Balaban J connectivity index is 2.42. The van der Waals surface area contributed by atoms with E-state index in [2.05, 4.69) is 0 Å². The average Bonchev–Trinajstić information content (AvgIpc) is 2.42. The van der Waals surface area contributed by atoms with Crippen LogP contribution in [0.25, 0.3) is 0 Å². The molecule has 0 spiro atoms. The number of aliphatic hydroxyl groups is 1. The minimum Gasteiger partial charge on any atom is -0.457 e. The summed E-state index contributed by atoms with van der Waals surface area (Å²) in [5.41, 5.74) is 1.70. The Kier molecular flexibility index (Phi) is 4.02. The lowest BCUT2D eigenvalue weighted by Crippen LogP contribution is -1.98. The van der Waals surface area contributed by atoms with Gasteiger partial charge in [0.2, 0.25) is 0 Å². The summed E-state index contributed by atoms with van der Waals surface area (Å²) in [6.45, 7) is 3.39. The second kappa shape index (κ2) is 5.72. The van der Waals surface area contributed by atoms with Crippen molar-refractivity contribution in [2.24, 2.45) is 0 Å². The minimum atomic E-state index is -0.847. The molecule has 0 saturated carbocycles. The summed E-state index contributed by atoms with van der Waals surface area (Å²) < 4.78 is 19.0. The highest BCUT2D eigenvalue weighted by Crippen LogP contribution is 2.32. The number of nitriles is 1. The first kappa shape index (κ1) is 14.0. The van der Waals surface area contributed by atoms with E-state index in [1.165, 1.54) is 18.2 Å². The first-order chi connectivity index (χ1) is 9.51. The third-order valence-electron chi connectivity index (χ3n) is 2.96. The molecular weight excluding hydrogens is 257 g/mol. The Morgan fingerprint density at radius 2 is 1.95 bits per heavy atom. The summed E-state index contributed by atoms with van der Waals surface area (Å²) >= 11 is 0. The second-order valence-electron chi connectivity index (χ2n) is 4.55. The second-order valence-corrected chi connectivity index (χ2v) is 4.55. The number of ether oxygens (including phenoxy) is 1. The Bertz CT molecular complexity index is 675. The van der Waals surface area contributed by atoms with Gasteiger partial charge in [0.25, 0.3) is 0 Å². The maximum absolute atomic E-state index is 13.2. The number of aryl methyl sites for hydroxylation is 1. The van der Waals surface area contributed by atoms with Gasteiger partial charge in [0.1, 0.15) is 17.3 Å². The molecule has 0 radical (unpaired) electrons. The van der Waals surface area contributed by atoms with Crippen LogP contribution < -0.4 is 4.74 Å². The van der Waals surface area contributed by atoms with Gasteiger partial charge in [-0.2, -0.15) is 5.26 Å². The van der Waals surface area contributed by atoms with Crippen molar-refractivity contribution < 1.29 is 14.2 Å². The van der Waals surface area contributed by atoms with Crippen molar-refractivity contribution in [2.45, 2.75) is 20.0 Å². The molecule has 0 saturated heterocycles. The van der Waals surface area contributed by atoms with Crippen LogP contribution in [0, 0.1) is 24.1 Å². The standard InChI is InChI=1S/C16H14FNO2/c1-10-3-4-12(9-18)7-16(10)20-15-6-5-13(17)8-14(15)11(2)19/h3-8,11,19H,1-2H3/t11-/m1/s1. The lowest BCUT2D eigenvalue weighted by atomic mass is 10.1. The van der Waals surface area contributed by atoms with Crippen LogP contribution in [0.3, 0.4) is 0 Å². The van der Waals surface area contributed by atoms with Crippen molar-refractivity contribution in [1.29, 1.82) is 5.26 Å². The quantitative estimate of drug-likeness (QED) is 0.922. The van der Waals surface area contributed by atoms with Crippen molar-refractivity contribution in [3.8, 4) is 17.6 Å². The number of aliphatic hydroxyl groups excluding tert-OH is 1. The van der Waals surface area contributed by atoms with Crippen molar-refractivity contribution >= 4 is 0 Å². The molecule has 0 unspecified atom stereocenters. The Morgan fingerprint density at radius 3 is 2.60 bits per heavy atom. The van der Waals surface area contributed by atoms with Crippen LogP contribution >= 0.6 is 0 Å². The fraction of sp³-hybridized carbons (Fsp3) is 0.188. The minimum absolute atomic E-state index is 0.367. The zero-order chi connectivity index (χ0) is 14.7. The van der Waals surface area contributed by atoms with Crippen LogP contribution in [0.1, 0.15) is 29.7 Å². The number of hydrogen-bond donors (Lipinski definition) is 1. The summed E-state index contributed by atoms with van der Waals surface area (Å²) in [5, 5.41) is 18.6. The van der Waals surface area contributed by atoms with E-state index in [4.69, 9.17) is 10.00 Å². The molecule has 0 aliphatic carbocycles. The van der Waals surface area contributed by atoms with Gasteiger partial charge in [0, 0.05) is 5.56 Å². The third-order valence-corrected chi connectivity index (χ3v) is 2.96. The average molecular weight is 271 g/mol. The normalized spacial score (nSPS) is 11.8. The molecule has 2 rings (SSSR count). The lowest BCUT2D eigenvalue weighted by molar-refractivity contribution is 0.195. The lowest BCUT2D eigenvalue weighted by Gasteiger charge is -2.14. The highest BCUT2D eigenvalue weighted by molar-refractivity contribution is 5.46. The van der Waals surface area contributed by atoms with Gasteiger partial charge < -0.3 is 9.84 Å². The SMILES string of the molecule is Cc1ccc(C#N)cc1Oc1ccc(F)cc1[C@@H](C)O. The fourth-order valence-electron chi connectivity index (χ4n) is 1.84. The van der Waals surface area contributed by atoms with Crippen LogP contribution in [0.15, 0.2) is 36.4 Å². The van der Waals surface area contributed by atoms with E-state index in [1.807, 2.05) is 13.0 Å². The Hall–Kier alpha value is -2.38. The maximum atomic E-state index is 13.2. The monoisotopic (exact) mass is 271 g/mol. The number of hydrogen-bond acceptors (Lipinski definition) is 3. The summed E-state index contributed by atoms with van der Waals surface area (Å²) in [6, 6.07) is 11.1. The Labute approximate surface area is 116 Å². The van der Waals surface area contributed by atoms with Gasteiger partial charge in [-0.25, -0.2) is 4.39 Å². The molecule has 20 heavy (non-hydrogen) atoms. The molecule has 0 aromatic heterocycles.